The van der Waals surface area contributed by atoms with Gasteiger partial charge >= 0.3 is 0 Å². The molecule has 2 aromatic heterocycles. The van der Waals surface area contributed by atoms with Crippen LogP contribution in [-0.2, 0) is 4.74 Å². The van der Waals surface area contributed by atoms with Gasteiger partial charge in [0.1, 0.15) is 41.3 Å². The van der Waals surface area contributed by atoms with Gasteiger partial charge in [0.05, 0.1) is 33.3 Å². The zero-order chi connectivity index (χ0) is 32.9. The molecule has 6 N–H and O–H groups in total. The van der Waals surface area contributed by atoms with Crippen LogP contribution in [0.3, 0.4) is 0 Å². The van der Waals surface area contributed by atoms with Gasteiger partial charge in [0, 0.05) is 28.6 Å². The molecule has 1 saturated heterocycles. The summed E-state index contributed by atoms with van der Waals surface area (Å²) in [6.45, 7) is -0.698. The summed E-state index contributed by atoms with van der Waals surface area (Å²) in [4.78, 5) is 12.8. The molecule has 3 aromatic carbocycles. The summed E-state index contributed by atoms with van der Waals surface area (Å²) in [6, 6.07) is 11.4. The predicted molar refractivity (Wildman–Crippen MR) is 161 cm³/mol. The van der Waals surface area contributed by atoms with Gasteiger partial charge in [0.2, 0.25) is 12.0 Å². The van der Waals surface area contributed by atoms with Gasteiger partial charge in [-0.1, -0.05) is 0 Å². The minimum absolute atomic E-state index is 0.00565. The maximum Gasteiger partial charge on any atom is 0.229 e. The number of hydrogen-bond acceptors (Lipinski definition) is 14. The summed E-state index contributed by atoms with van der Waals surface area (Å²) in [5, 5.41) is 62.8. The highest BCUT2D eigenvalue weighted by Crippen LogP contribution is 2.48. The van der Waals surface area contributed by atoms with Crippen molar-refractivity contribution in [1.29, 1.82) is 0 Å². The van der Waals surface area contributed by atoms with E-state index in [0.29, 0.717) is 10.9 Å². The maximum absolute atomic E-state index is 12.8. The second-order valence-corrected chi connectivity index (χ2v) is 10.5. The van der Waals surface area contributed by atoms with Crippen LogP contribution in [0.2, 0.25) is 0 Å². The van der Waals surface area contributed by atoms with E-state index in [0.717, 1.165) is 0 Å². The molecular weight excluding hydrogens is 608 g/mol. The second kappa shape index (κ2) is 12.1. The summed E-state index contributed by atoms with van der Waals surface area (Å²) in [5.74, 6) is -0.179. The molecule has 0 unspecified atom stereocenters. The molecule has 3 heterocycles. The summed E-state index contributed by atoms with van der Waals surface area (Å²) < 4.78 is 40.2. The third kappa shape index (κ3) is 5.21. The second-order valence-electron chi connectivity index (χ2n) is 10.5. The third-order valence-corrected chi connectivity index (χ3v) is 7.76. The molecule has 14 nitrogen and oxygen atoms in total. The Bertz CT molecular complexity index is 1950. The zero-order valence-corrected chi connectivity index (χ0v) is 24.7. The maximum atomic E-state index is 12.8. The van der Waals surface area contributed by atoms with Gasteiger partial charge in [0.25, 0.3) is 0 Å². The molecule has 0 amide bonds. The molecule has 5 aromatic rings. The highest BCUT2D eigenvalue weighted by atomic mass is 16.7. The quantitative estimate of drug-likeness (QED) is 0.144. The lowest BCUT2D eigenvalue weighted by Crippen LogP contribution is -2.60. The number of aliphatic hydroxyl groups is 4. The van der Waals surface area contributed by atoms with Gasteiger partial charge in [-0.3, -0.25) is 4.79 Å². The van der Waals surface area contributed by atoms with E-state index < -0.39 is 42.7 Å². The van der Waals surface area contributed by atoms with Crippen molar-refractivity contribution in [2.75, 3.05) is 27.9 Å². The summed E-state index contributed by atoms with van der Waals surface area (Å²) >= 11 is 0. The van der Waals surface area contributed by atoms with Crippen molar-refractivity contribution in [3.05, 3.63) is 58.8 Å². The highest BCUT2D eigenvalue weighted by molar-refractivity contribution is 6.10. The van der Waals surface area contributed by atoms with Crippen LogP contribution in [0.25, 0.3) is 44.6 Å². The third-order valence-electron chi connectivity index (χ3n) is 7.76. The lowest BCUT2D eigenvalue weighted by Gasteiger charge is -2.39. The molecule has 242 valence electrons. The average molecular weight is 639 g/mol. The Labute approximate surface area is 259 Å². The number of hydrogen-bond donors (Lipinski definition) is 6. The van der Waals surface area contributed by atoms with Crippen LogP contribution in [0.5, 0.6) is 34.5 Å². The van der Waals surface area contributed by atoms with Crippen molar-refractivity contribution < 1.29 is 63.2 Å². The topological polar surface area (TPSA) is 211 Å². The van der Waals surface area contributed by atoms with E-state index in [4.69, 9.17) is 32.5 Å². The zero-order valence-electron chi connectivity index (χ0n) is 24.7. The minimum Gasteiger partial charge on any atom is -0.504 e. The molecule has 0 aliphatic carbocycles. The number of methoxy groups -OCH3 is 3. The number of ether oxygens (including phenoxy) is 5. The van der Waals surface area contributed by atoms with Crippen molar-refractivity contribution in [2.24, 2.45) is 0 Å². The van der Waals surface area contributed by atoms with E-state index in [1.165, 1.54) is 57.7 Å². The first-order valence-corrected chi connectivity index (χ1v) is 13.9. The Kier molecular flexibility index (Phi) is 8.14. The number of rotatable bonds is 8. The number of aromatic hydroxyl groups is 2. The van der Waals surface area contributed by atoms with E-state index in [9.17, 15) is 35.4 Å². The van der Waals surface area contributed by atoms with Crippen molar-refractivity contribution in [1.82, 2.24) is 0 Å². The minimum atomic E-state index is -1.79. The van der Waals surface area contributed by atoms with E-state index >= 15 is 0 Å². The highest BCUT2D eigenvalue weighted by Gasteiger charge is 2.45. The number of aliphatic hydroxyl groups excluding tert-OH is 4. The van der Waals surface area contributed by atoms with Crippen LogP contribution < -0.4 is 24.4 Å². The molecule has 14 heteroatoms. The van der Waals surface area contributed by atoms with E-state index in [2.05, 4.69) is 0 Å². The molecule has 0 saturated carbocycles. The van der Waals surface area contributed by atoms with Gasteiger partial charge in [-0.25, -0.2) is 0 Å². The average Bonchev–Trinajstić information content (AvgIpc) is 3.05. The van der Waals surface area contributed by atoms with Crippen LogP contribution in [0.1, 0.15) is 0 Å². The summed E-state index contributed by atoms with van der Waals surface area (Å²) in [7, 11) is 4.05. The van der Waals surface area contributed by atoms with E-state index in [-0.39, 0.29) is 68.1 Å². The Hall–Kier alpha value is -4.99. The monoisotopic (exact) mass is 638 g/mol. The van der Waals surface area contributed by atoms with Gasteiger partial charge in [-0.05, 0) is 36.4 Å². The van der Waals surface area contributed by atoms with Crippen LogP contribution in [0, 0.1) is 0 Å². The molecule has 0 bridgehead atoms. The molecule has 1 aliphatic rings. The Morgan fingerprint density at radius 3 is 2.02 bits per heavy atom. The van der Waals surface area contributed by atoms with Crippen molar-refractivity contribution in [3.63, 3.8) is 0 Å². The summed E-state index contributed by atoms with van der Waals surface area (Å²) in [6.07, 6.45) is -8.11. The molecule has 0 spiro atoms. The lowest BCUT2D eigenvalue weighted by molar-refractivity contribution is -0.277. The van der Waals surface area contributed by atoms with Crippen LogP contribution in [0.4, 0.5) is 0 Å². The number of benzene rings is 3. The molecule has 0 radical (unpaired) electrons. The van der Waals surface area contributed by atoms with Crippen LogP contribution in [-0.4, -0.2) is 89.3 Å². The SMILES string of the molecule is COc1cc(-c2cc3c(O[C@@H]4O[C@H](CO)[C@@H](O)[C@H](O)[C@H]4O)c(-c4cc(OC)c(O)c(OC)c4)oc4cc(=O)cc(o2)c43)ccc1O. The fourth-order valence-electron chi connectivity index (χ4n) is 5.39. The molecule has 1 fully saturated rings. The van der Waals surface area contributed by atoms with Gasteiger partial charge in [-0.15, -0.1) is 0 Å². The normalized spacial score (nSPS) is 21.4. The molecule has 5 atom stereocenters. The Morgan fingerprint density at radius 2 is 1.39 bits per heavy atom. The Morgan fingerprint density at radius 1 is 0.761 bits per heavy atom. The van der Waals surface area contributed by atoms with Gasteiger partial charge in [-0.2, -0.15) is 0 Å². The van der Waals surface area contributed by atoms with Crippen LogP contribution >= 0.6 is 0 Å². The first-order valence-electron chi connectivity index (χ1n) is 13.9. The van der Waals surface area contributed by atoms with Crippen LogP contribution in [0.15, 0.2) is 62.2 Å². The van der Waals surface area contributed by atoms with E-state index in [1.807, 2.05) is 0 Å². The summed E-state index contributed by atoms with van der Waals surface area (Å²) in [5.41, 5.74) is 0.403. The van der Waals surface area contributed by atoms with Gasteiger partial charge < -0.3 is 63.2 Å². The van der Waals surface area contributed by atoms with E-state index in [1.54, 1.807) is 12.1 Å². The lowest BCUT2D eigenvalue weighted by atomic mass is 9.99. The molecule has 6 rings (SSSR count). The first kappa shape index (κ1) is 31.0. The predicted octanol–water partition coefficient (Wildman–Crippen LogP) is 2.49. The number of phenols is 2. The molecule has 1 aliphatic heterocycles. The smallest absolute Gasteiger partial charge is 0.229 e. The molecule has 46 heavy (non-hydrogen) atoms. The van der Waals surface area contributed by atoms with Gasteiger partial charge in [0.15, 0.2) is 39.9 Å². The molecular formula is C32H30O14. The first-order chi connectivity index (χ1) is 22.1. The standard InChI is InChI=1S/C32H30O14/c1-40-19-6-13(4-5-17(19)35)18-11-16-25-20(43-18)9-15(34)10-21(25)44-30(14-7-22(41-2)26(36)23(8-14)42-3)31(16)46-32-29(39)28(38)27(37)24(12-33)45-32/h4-11,24,27-29,32-33,35-39H,12H2,1-3H3/t24-,27-,28+,29-,32+/m1/s1. The fraction of sp³-hybridized carbons (Fsp3) is 0.281. The van der Waals surface area contributed by atoms with Crippen molar-refractivity contribution >= 4 is 21.9 Å². The van der Waals surface area contributed by atoms with Crippen molar-refractivity contribution in [3.8, 4) is 57.1 Å². The van der Waals surface area contributed by atoms with Crippen molar-refractivity contribution in [2.45, 2.75) is 30.7 Å². The largest absolute Gasteiger partial charge is 0.504 e. The number of phenolic OH excluding ortho intramolecular Hbond substituents is 2. The Balaban J connectivity index is 1.68. The fourth-order valence-corrected chi connectivity index (χ4v) is 5.39.